The topological polar surface area (TPSA) is 72.8 Å². The Hall–Kier alpha value is -4.12. The molecule has 1 unspecified atom stereocenters. The summed E-state index contributed by atoms with van der Waals surface area (Å²) in [6.07, 6.45) is 5.30. The van der Waals surface area contributed by atoms with E-state index < -0.39 is 18.0 Å². The second-order valence-corrected chi connectivity index (χ2v) is 8.76. The first-order valence-electron chi connectivity index (χ1n) is 11.8. The van der Waals surface area contributed by atoms with Crippen molar-refractivity contribution in [3.8, 4) is 5.75 Å². The summed E-state index contributed by atoms with van der Waals surface area (Å²) >= 11 is 0. The van der Waals surface area contributed by atoms with E-state index >= 15 is 0 Å². The van der Waals surface area contributed by atoms with E-state index in [1.54, 1.807) is 35.4 Å². The monoisotopic (exact) mass is 466 g/mol. The molecule has 176 valence electrons. The van der Waals surface area contributed by atoms with E-state index in [1.807, 2.05) is 0 Å². The number of esters is 1. The maximum atomic E-state index is 11.1. The Kier molecular flexibility index (Phi) is 6.23. The number of cyclic esters (lactones) is 1. The Balaban J connectivity index is 0.000000145. The van der Waals surface area contributed by atoms with Crippen LogP contribution >= 0.6 is 0 Å². The predicted octanol–water partition coefficient (Wildman–Crippen LogP) is 6.18. The van der Waals surface area contributed by atoms with Gasteiger partial charge in [-0.05, 0) is 64.4 Å². The number of carboxylic acid groups (broad SMARTS) is 1. The molecule has 4 aromatic carbocycles. The number of rotatable bonds is 3. The molecule has 0 spiro atoms. The normalized spacial score (nSPS) is 16.7. The summed E-state index contributed by atoms with van der Waals surface area (Å²) in [4.78, 5) is 22.1. The number of benzene rings is 4. The third kappa shape index (κ3) is 4.37. The fourth-order valence-electron chi connectivity index (χ4n) is 5.05. The van der Waals surface area contributed by atoms with Gasteiger partial charge < -0.3 is 14.6 Å². The highest BCUT2D eigenvalue weighted by Crippen LogP contribution is 2.36. The molecule has 1 N–H and O–H groups in total. The van der Waals surface area contributed by atoms with E-state index in [2.05, 4.69) is 48.5 Å². The molecule has 0 bridgehead atoms. The van der Waals surface area contributed by atoms with Gasteiger partial charge in [0.15, 0.2) is 6.10 Å². The number of ether oxygens (including phenoxy) is 2. The summed E-state index contributed by atoms with van der Waals surface area (Å²) in [5.74, 6) is -1.34. The maximum Gasteiger partial charge on any atom is 0.335 e. The Morgan fingerprint density at radius 2 is 1.63 bits per heavy atom. The van der Waals surface area contributed by atoms with E-state index in [1.165, 1.54) is 54.3 Å². The highest BCUT2D eigenvalue weighted by Gasteiger charge is 2.34. The molecule has 1 heterocycles. The van der Waals surface area contributed by atoms with Crippen LogP contribution in [-0.4, -0.2) is 24.2 Å². The molecule has 2 aliphatic rings. The van der Waals surface area contributed by atoms with E-state index in [-0.39, 0.29) is 5.57 Å². The summed E-state index contributed by atoms with van der Waals surface area (Å²) < 4.78 is 10.1. The van der Waals surface area contributed by atoms with Crippen LogP contribution in [-0.2, 0) is 27.2 Å². The number of aryl methyl sites for hydroxylation is 2. The molecule has 35 heavy (non-hydrogen) atoms. The molecule has 0 fully saturated rings. The highest BCUT2D eigenvalue weighted by molar-refractivity contribution is 6.08. The summed E-state index contributed by atoms with van der Waals surface area (Å²) in [6, 6.07) is 24.8. The number of methoxy groups -OCH3 is 1. The van der Waals surface area contributed by atoms with Crippen LogP contribution in [0, 0.1) is 0 Å². The van der Waals surface area contributed by atoms with Gasteiger partial charge in [0.1, 0.15) is 5.75 Å². The van der Waals surface area contributed by atoms with Gasteiger partial charge in [-0.2, -0.15) is 0 Å². The lowest BCUT2D eigenvalue weighted by atomic mass is 9.86. The van der Waals surface area contributed by atoms with E-state index in [0.29, 0.717) is 11.3 Å². The number of carbonyl (C=O) groups excluding carboxylic acids is 1. The third-order valence-electron chi connectivity index (χ3n) is 6.72. The van der Waals surface area contributed by atoms with Gasteiger partial charge in [0.25, 0.3) is 0 Å². The molecule has 6 rings (SSSR count). The first-order valence-corrected chi connectivity index (χ1v) is 11.8. The summed E-state index contributed by atoms with van der Waals surface area (Å²) in [6.45, 7) is 0. The van der Waals surface area contributed by atoms with Crippen LogP contribution in [0.15, 0.2) is 84.4 Å². The molecule has 5 nitrogen and oxygen atoms in total. The van der Waals surface area contributed by atoms with E-state index in [4.69, 9.17) is 14.6 Å². The van der Waals surface area contributed by atoms with Gasteiger partial charge in [0, 0.05) is 11.6 Å². The fraction of sp³-hybridized carbons (Fsp3) is 0.200. The number of para-hydroxylation sites is 1. The van der Waals surface area contributed by atoms with Crippen LogP contribution in [0.1, 0.15) is 35.6 Å². The zero-order valence-electron chi connectivity index (χ0n) is 19.5. The second kappa shape index (κ2) is 9.63. The zero-order chi connectivity index (χ0) is 24.4. The van der Waals surface area contributed by atoms with Gasteiger partial charge >= 0.3 is 11.9 Å². The van der Waals surface area contributed by atoms with Crippen LogP contribution in [0.4, 0.5) is 0 Å². The van der Waals surface area contributed by atoms with Crippen molar-refractivity contribution in [2.24, 2.45) is 0 Å². The minimum atomic E-state index is -1.17. The largest absolute Gasteiger partial charge is 0.496 e. The number of hydrogen-bond acceptors (Lipinski definition) is 4. The average Bonchev–Trinajstić information content (AvgIpc) is 3.30. The molecule has 4 aromatic rings. The average molecular weight is 467 g/mol. The lowest BCUT2D eigenvalue weighted by Crippen LogP contribution is -2.10. The predicted molar refractivity (Wildman–Crippen MR) is 136 cm³/mol. The molecule has 0 radical (unpaired) electrons. The minimum Gasteiger partial charge on any atom is -0.496 e. The molecule has 1 atom stereocenters. The van der Waals surface area contributed by atoms with Gasteiger partial charge in [-0.25, -0.2) is 9.59 Å². The van der Waals surface area contributed by atoms with Crippen molar-refractivity contribution in [1.29, 1.82) is 0 Å². The number of fused-ring (bicyclic) bond motifs is 5. The summed E-state index contributed by atoms with van der Waals surface area (Å²) in [5, 5.41) is 14.6. The molecule has 0 saturated heterocycles. The van der Waals surface area contributed by atoms with Crippen LogP contribution < -0.4 is 4.74 Å². The van der Waals surface area contributed by atoms with Crippen molar-refractivity contribution >= 4 is 33.5 Å². The molecule has 5 heteroatoms. The van der Waals surface area contributed by atoms with Gasteiger partial charge in [-0.15, -0.1) is 0 Å². The number of carbonyl (C=O) groups is 2. The fourth-order valence-corrected chi connectivity index (χ4v) is 5.05. The van der Waals surface area contributed by atoms with Crippen LogP contribution in [0.2, 0.25) is 0 Å². The number of aliphatic carboxylic acids is 1. The summed E-state index contributed by atoms with van der Waals surface area (Å²) in [7, 11) is 1.47. The zero-order valence-corrected chi connectivity index (χ0v) is 19.5. The smallest absolute Gasteiger partial charge is 0.335 e. The molecular formula is C30H26O5. The SMILES string of the molecule is COc1ccccc1C1OC(=O)C=C1C(=O)O.c1ccc2c(c1)ccc1c3c(ccc12)CCCC3. The van der Waals surface area contributed by atoms with E-state index in [9.17, 15) is 9.59 Å². The molecule has 0 amide bonds. The molecule has 1 aliphatic heterocycles. The highest BCUT2D eigenvalue weighted by atomic mass is 16.6. The van der Waals surface area contributed by atoms with Crippen LogP contribution in [0.3, 0.4) is 0 Å². The molecular weight excluding hydrogens is 440 g/mol. The van der Waals surface area contributed by atoms with Crippen molar-refractivity contribution in [3.63, 3.8) is 0 Å². The van der Waals surface area contributed by atoms with Crippen LogP contribution in [0.25, 0.3) is 21.5 Å². The van der Waals surface area contributed by atoms with Gasteiger partial charge in [0.05, 0.1) is 12.7 Å². The Bertz CT molecular complexity index is 1470. The minimum absolute atomic E-state index is 0.0838. The maximum absolute atomic E-state index is 11.1. The van der Waals surface area contributed by atoms with Crippen molar-refractivity contribution in [2.45, 2.75) is 31.8 Å². The third-order valence-corrected chi connectivity index (χ3v) is 6.72. The van der Waals surface area contributed by atoms with Gasteiger partial charge in [-0.1, -0.05) is 66.7 Å². The quantitative estimate of drug-likeness (QED) is 0.288. The molecule has 0 aromatic heterocycles. The van der Waals surface area contributed by atoms with Gasteiger partial charge in [0.2, 0.25) is 0 Å². The summed E-state index contributed by atoms with van der Waals surface area (Å²) in [5.41, 5.74) is 3.61. The van der Waals surface area contributed by atoms with Crippen molar-refractivity contribution in [2.75, 3.05) is 7.11 Å². The van der Waals surface area contributed by atoms with Crippen LogP contribution in [0.5, 0.6) is 5.75 Å². The Morgan fingerprint density at radius 3 is 2.46 bits per heavy atom. The Morgan fingerprint density at radius 1 is 0.886 bits per heavy atom. The lowest BCUT2D eigenvalue weighted by Gasteiger charge is -2.18. The van der Waals surface area contributed by atoms with Crippen molar-refractivity contribution in [3.05, 3.63) is 101 Å². The van der Waals surface area contributed by atoms with E-state index in [0.717, 1.165) is 6.08 Å². The van der Waals surface area contributed by atoms with Crippen molar-refractivity contribution < 1.29 is 24.2 Å². The first kappa shape index (κ1) is 22.7. The standard InChI is InChI=1S/C18H16.C12H10O5/c1-3-7-15-13(5-1)9-11-18-16-8-4-2-6-14(16)10-12-17(15)18;1-16-9-5-3-2-4-7(9)11-8(12(14)15)6-10(13)17-11/h1,3,5,7,9-12H,2,4,6,8H2;2-6,11H,1H3,(H,14,15). The van der Waals surface area contributed by atoms with Crippen molar-refractivity contribution in [1.82, 2.24) is 0 Å². The first-order chi connectivity index (χ1) is 17.1. The Labute approximate surface area is 203 Å². The number of carboxylic acids is 1. The van der Waals surface area contributed by atoms with Gasteiger partial charge in [-0.3, -0.25) is 0 Å². The second-order valence-electron chi connectivity index (χ2n) is 8.76. The molecule has 0 saturated carbocycles. The molecule has 1 aliphatic carbocycles. The number of hydrogen-bond donors (Lipinski definition) is 1. The lowest BCUT2D eigenvalue weighted by molar-refractivity contribution is -0.140.